The first-order valence-corrected chi connectivity index (χ1v) is 6.07. The van der Waals surface area contributed by atoms with Gasteiger partial charge in [0.25, 0.3) is 0 Å². The van der Waals surface area contributed by atoms with Gasteiger partial charge in [0.15, 0.2) is 5.84 Å². The molecule has 1 aromatic rings. The van der Waals surface area contributed by atoms with Gasteiger partial charge in [-0.15, -0.1) is 0 Å². The van der Waals surface area contributed by atoms with Crippen molar-refractivity contribution in [3.8, 4) is 0 Å². The van der Waals surface area contributed by atoms with Gasteiger partial charge in [-0.3, -0.25) is 0 Å². The zero-order chi connectivity index (χ0) is 13.8. The highest BCUT2D eigenvalue weighted by molar-refractivity contribution is 5.96. The minimum atomic E-state index is 0.143. The minimum Gasteiger partial charge on any atom is -0.409 e. The molecule has 0 amide bonds. The summed E-state index contributed by atoms with van der Waals surface area (Å²) in [6.07, 6.45) is 0. The van der Waals surface area contributed by atoms with E-state index in [1.807, 2.05) is 24.3 Å². The average molecular weight is 249 g/mol. The van der Waals surface area contributed by atoms with Gasteiger partial charge in [-0.2, -0.15) is 0 Å². The average Bonchev–Trinajstić information content (AvgIpc) is 2.26. The molecule has 0 aromatic heterocycles. The van der Waals surface area contributed by atoms with Crippen LogP contribution < -0.4 is 5.73 Å². The lowest BCUT2D eigenvalue weighted by atomic mass is 9.96. The van der Waals surface area contributed by atoms with Gasteiger partial charge in [0, 0.05) is 18.7 Å². The van der Waals surface area contributed by atoms with Crippen LogP contribution in [0, 0.1) is 5.41 Å². The van der Waals surface area contributed by atoms with Gasteiger partial charge in [-0.1, -0.05) is 50.2 Å². The molecule has 0 saturated carbocycles. The van der Waals surface area contributed by atoms with Crippen LogP contribution >= 0.6 is 0 Å². The van der Waals surface area contributed by atoms with E-state index in [2.05, 4.69) is 37.9 Å². The number of nitrogens with zero attached hydrogens (tertiary/aromatic N) is 2. The van der Waals surface area contributed by atoms with Crippen LogP contribution in [0.2, 0.25) is 0 Å². The summed E-state index contributed by atoms with van der Waals surface area (Å²) in [5.41, 5.74) is 7.77. The van der Waals surface area contributed by atoms with Crippen LogP contribution in [0.3, 0.4) is 0 Å². The third-order valence-corrected chi connectivity index (χ3v) is 2.55. The van der Waals surface area contributed by atoms with Crippen molar-refractivity contribution >= 4 is 5.84 Å². The Kier molecular flexibility index (Phi) is 4.73. The summed E-state index contributed by atoms with van der Waals surface area (Å²) in [5, 5.41) is 11.6. The van der Waals surface area contributed by atoms with Crippen molar-refractivity contribution < 1.29 is 5.21 Å². The number of nitrogens with two attached hydrogens (primary N) is 1. The molecule has 1 aromatic carbocycles. The van der Waals surface area contributed by atoms with Gasteiger partial charge in [0.05, 0.1) is 0 Å². The Morgan fingerprint density at radius 2 is 1.83 bits per heavy atom. The Bertz CT molecular complexity index is 404. The Labute approximate surface area is 109 Å². The van der Waals surface area contributed by atoms with Crippen molar-refractivity contribution in [2.45, 2.75) is 27.3 Å². The predicted octanol–water partition coefficient (Wildman–Crippen LogP) is 2.26. The van der Waals surface area contributed by atoms with E-state index in [4.69, 9.17) is 10.9 Å². The zero-order valence-corrected chi connectivity index (χ0v) is 11.6. The Hall–Kier alpha value is -1.55. The van der Waals surface area contributed by atoms with Crippen molar-refractivity contribution in [2.75, 3.05) is 13.6 Å². The maximum absolute atomic E-state index is 8.59. The highest BCUT2D eigenvalue weighted by Gasteiger charge is 2.13. The van der Waals surface area contributed by atoms with Crippen molar-refractivity contribution in [3.63, 3.8) is 0 Å². The fraction of sp³-hybridized carbons (Fsp3) is 0.500. The van der Waals surface area contributed by atoms with Crippen LogP contribution in [0.15, 0.2) is 29.4 Å². The Balaban J connectivity index is 2.64. The van der Waals surface area contributed by atoms with E-state index in [1.165, 1.54) is 5.56 Å². The number of hydrogen-bond acceptors (Lipinski definition) is 3. The molecular weight excluding hydrogens is 226 g/mol. The molecule has 0 aliphatic carbocycles. The first-order chi connectivity index (χ1) is 8.31. The van der Waals surface area contributed by atoms with E-state index in [-0.39, 0.29) is 5.84 Å². The molecule has 0 fully saturated rings. The third-order valence-electron chi connectivity index (χ3n) is 2.55. The fourth-order valence-electron chi connectivity index (χ4n) is 2.02. The second-order valence-corrected chi connectivity index (χ2v) is 5.92. The van der Waals surface area contributed by atoms with Crippen LogP contribution in [-0.2, 0) is 6.54 Å². The van der Waals surface area contributed by atoms with Crippen molar-refractivity contribution in [1.29, 1.82) is 0 Å². The van der Waals surface area contributed by atoms with Crippen LogP contribution in [0.25, 0.3) is 0 Å². The van der Waals surface area contributed by atoms with Gasteiger partial charge in [0.1, 0.15) is 0 Å². The first-order valence-electron chi connectivity index (χ1n) is 6.07. The second-order valence-electron chi connectivity index (χ2n) is 5.92. The summed E-state index contributed by atoms with van der Waals surface area (Å²) in [6.45, 7) is 8.61. The molecular formula is C14H23N3O. The molecule has 3 N–H and O–H groups in total. The predicted molar refractivity (Wildman–Crippen MR) is 74.7 cm³/mol. The van der Waals surface area contributed by atoms with E-state index >= 15 is 0 Å². The molecule has 0 radical (unpaired) electrons. The number of oxime groups is 1. The lowest BCUT2D eigenvalue weighted by Crippen LogP contribution is -2.28. The summed E-state index contributed by atoms with van der Waals surface area (Å²) < 4.78 is 0. The highest BCUT2D eigenvalue weighted by atomic mass is 16.4. The van der Waals surface area contributed by atoms with Gasteiger partial charge < -0.3 is 15.8 Å². The van der Waals surface area contributed by atoms with Gasteiger partial charge in [-0.05, 0) is 18.0 Å². The molecule has 4 nitrogen and oxygen atoms in total. The maximum atomic E-state index is 8.59. The maximum Gasteiger partial charge on any atom is 0.170 e. The topological polar surface area (TPSA) is 61.8 Å². The molecule has 18 heavy (non-hydrogen) atoms. The lowest BCUT2D eigenvalue weighted by molar-refractivity contribution is 0.221. The number of benzene rings is 1. The molecule has 0 saturated heterocycles. The standard InChI is InChI=1S/C14H23N3O/c1-14(2,3)10-17(4)9-11-5-7-12(8-6-11)13(15)16-18/h5-8,18H,9-10H2,1-4H3,(H2,15,16). The normalized spacial score (nSPS) is 13.1. The summed E-state index contributed by atoms with van der Waals surface area (Å²) in [5.74, 6) is 0.143. The van der Waals surface area contributed by atoms with Crippen LogP contribution in [0.1, 0.15) is 31.9 Å². The Morgan fingerprint density at radius 3 is 2.28 bits per heavy atom. The van der Waals surface area contributed by atoms with E-state index in [0.717, 1.165) is 18.7 Å². The highest BCUT2D eigenvalue weighted by Crippen LogP contribution is 2.16. The molecule has 1 rings (SSSR count). The molecule has 0 atom stereocenters. The van der Waals surface area contributed by atoms with Crippen LogP contribution in [-0.4, -0.2) is 29.5 Å². The Morgan fingerprint density at radius 1 is 1.28 bits per heavy atom. The molecule has 0 aliphatic heterocycles. The number of amidine groups is 1. The zero-order valence-electron chi connectivity index (χ0n) is 11.6. The van der Waals surface area contributed by atoms with Gasteiger partial charge in [-0.25, -0.2) is 0 Å². The molecule has 0 unspecified atom stereocenters. The van der Waals surface area contributed by atoms with Crippen LogP contribution in [0.5, 0.6) is 0 Å². The number of rotatable bonds is 4. The summed E-state index contributed by atoms with van der Waals surface area (Å²) >= 11 is 0. The van der Waals surface area contributed by atoms with E-state index in [0.29, 0.717) is 5.41 Å². The largest absolute Gasteiger partial charge is 0.409 e. The third kappa shape index (κ3) is 4.75. The van der Waals surface area contributed by atoms with Gasteiger partial charge >= 0.3 is 0 Å². The number of hydrogen-bond donors (Lipinski definition) is 2. The molecule has 0 spiro atoms. The molecule has 0 bridgehead atoms. The second kappa shape index (κ2) is 5.87. The van der Waals surface area contributed by atoms with Crippen molar-refractivity contribution in [1.82, 2.24) is 4.90 Å². The van der Waals surface area contributed by atoms with Crippen molar-refractivity contribution in [3.05, 3.63) is 35.4 Å². The van der Waals surface area contributed by atoms with Gasteiger partial charge in [0.2, 0.25) is 0 Å². The fourth-order valence-corrected chi connectivity index (χ4v) is 2.02. The quantitative estimate of drug-likeness (QED) is 0.372. The first kappa shape index (κ1) is 14.5. The summed E-state index contributed by atoms with van der Waals surface area (Å²) in [6, 6.07) is 7.75. The smallest absolute Gasteiger partial charge is 0.170 e. The molecule has 100 valence electrons. The van der Waals surface area contributed by atoms with E-state index in [1.54, 1.807) is 0 Å². The van der Waals surface area contributed by atoms with Crippen molar-refractivity contribution in [2.24, 2.45) is 16.3 Å². The lowest BCUT2D eigenvalue weighted by Gasteiger charge is -2.26. The van der Waals surface area contributed by atoms with Crippen LogP contribution in [0.4, 0.5) is 0 Å². The van der Waals surface area contributed by atoms with E-state index in [9.17, 15) is 0 Å². The molecule has 0 heterocycles. The summed E-state index contributed by atoms with van der Waals surface area (Å²) in [7, 11) is 2.11. The molecule has 0 aliphatic rings. The molecule has 4 heteroatoms. The van der Waals surface area contributed by atoms with E-state index < -0.39 is 0 Å². The SMILES string of the molecule is CN(Cc1ccc(C(N)=NO)cc1)CC(C)(C)C. The monoisotopic (exact) mass is 249 g/mol. The summed E-state index contributed by atoms with van der Waals surface area (Å²) in [4.78, 5) is 2.29. The minimum absolute atomic E-state index is 0.143.